The number of hydrogen-bond acceptors (Lipinski definition) is 8. The lowest BCUT2D eigenvalue weighted by Gasteiger charge is -2.36. The molecule has 0 aromatic carbocycles. The van der Waals surface area contributed by atoms with Crippen LogP contribution in [0.2, 0.25) is 0 Å². The van der Waals surface area contributed by atoms with Crippen LogP contribution >= 0.6 is 11.3 Å². The molecule has 0 aliphatic carbocycles. The number of esters is 1. The topological polar surface area (TPSA) is 116 Å². The van der Waals surface area contributed by atoms with E-state index in [1.807, 2.05) is 0 Å². The van der Waals surface area contributed by atoms with E-state index in [0.717, 1.165) is 25.7 Å². The number of carbonyl (C=O) groups excluding carboxylic acids is 1. The van der Waals surface area contributed by atoms with Crippen molar-refractivity contribution >= 4 is 37.7 Å². The van der Waals surface area contributed by atoms with Crippen LogP contribution in [-0.4, -0.2) is 83.7 Å². The number of rotatable bonds is 6. The summed E-state index contributed by atoms with van der Waals surface area (Å²) in [5, 5.41) is 0.417. The lowest BCUT2D eigenvalue weighted by Crippen LogP contribution is -2.53. The van der Waals surface area contributed by atoms with Gasteiger partial charge in [0.25, 0.3) is 15.8 Å². The number of nitrogens with zero attached hydrogens (tertiary/aromatic N) is 4. The average Bonchev–Trinajstić information content (AvgIpc) is 2.94. The van der Waals surface area contributed by atoms with E-state index >= 15 is 0 Å². The van der Waals surface area contributed by atoms with Crippen LogP contribution in [0.25, 0.3) is 10.2 Å². The number of piperazine rings is 1. The van der Waals surface area contributed by atoms with Gasteiger partial charge < -0.3 is 9.72 Å². The smallest absolute Gasteiger partial charge is 0.348 e. The summed E-state index contributed by atoms with van der Waals surface area (Å²) in [4.78, 5) is 35.3. The molecule has 2 fully saturated rings. The Bertz CT molecular complexity index is 1160. The molecule has 182 valence electrons. The second-order valence-electron chi connectivity index (χ2n) is 8.47. The van der Waals surface area contributed by atoms with E-state index in [4.69, 9.17) is 4.74 Å². The van der Waals surface area contributed by atoms with Gasteiger partial charge in [0.1, 0.15) is 15.5 Å². The quantitative estimate of drug-likeness (QED) is 0.604. The summed E-state index contributed by atoms with van der Waals surface area (Å²) in [5.74, 6) is 0.0636. The molecular formula is C21H31N5O5S2. The Kier molecular flexibility index (Phi) is 7.49. The molecule has 12 heteroatoms. The van der Waals surface area contributed by atoms with Crippen molar-refractivity contribution in [3.63, 3.8) is 0 Å². The molecule has 0 saturated carbocycles. The molecular weight excluding hydrogens is 466 g/mol. The van der Waals surface area contributed by atoms with Gasteiger partial charge in [0, 0.05) is 39.3 Å². The Balaban J connectivity index is 1.43. The molecule has 2 saturated heterocycles. The molecule has 2 aliphatic rings. The third-order valence-corrected chi connectivity index (χ3v) is 9.43. The number of fused-ring (bicyclic) bond motifs is 1. The largest absolute Gasteiger partial charge is 0.462 e. The number of ether oxygens (including phenoxy) is 1. The first-order valence-corrected chi connectivity index (χ1v) is 13.7. The highest BCUT2D eigenvalue weighted by Crippen LogP contribution is 2.28. The highest BCUT2D eigenvalue weighted by Gasteiger charge is 2.32. The van der Waals surface area contributed by atoms with Crippen LogP contribution in [0, 0.1) is 6.92 Å². The van der Waals surface area contributed by atoms with Crippen LogP contribution < -0.4 is 5.56 Å². The third kappa shape index (κ3) is 5.14. The second-order valence-corrected chi connectivity index (χ2v) is 11.4. The van der Waals surface area contributed by atoms with Crippen LogP contribution in [0.5, 0.6) is 0 Å². The maximum Gasteiger partial charge on any atom is 0.348 e. The van der Waals surface area contributed by atoms with Gasteiger partial charge in [-0.25, -0.2) is 9.78 Å². The van der Waals surface area contributed by atoms with Crippen molar-refractivity contribution in [1.29, 1.82) is 0 Å². The molecule has 2 aliphatic heterocycles. The van der Waals surface area contributed by atoms with Gasteiger partial charge in [-0.05, 0) is 32.3 Å². The van der Waals surface area contributed by atoms with E-state index in [2.05, 4.69) is 14.9 Å². The predicted octanol–water partition coefficient (Wildman–Crippen LogP) is 1.71. The number of aryl methyl sites for hydroxylation is 1. The van der Waals surface area contributed by atoms with Crippen molar-refractivity contribution in [3.05, 3.63) is 26.6 Å². The number of aromatic amines is 1. The fraction of sp³-hybridized carbons (Fsp3) is 0.667. The number of H-pyrrole nitrogens is 1. The van der Waals surface area contributed by atoms with Gasteiger partial charge in [-0.1, -0.05) is 12.8 Å². The van der Waals surface area contributed by atoms with E-state index in [0.29, 0.717) is 72.3 Å². The fourth-order valence-electron chi connectivity index (χ4n) is 4.42. The Hall–Kier alpha value is -1.86. The maximum absolute atomic E-state index is 13.0. The minimum Gasteiger partial charge on any atom is -0.462 e. The molecule has 0 radical (unpaired) electrons. The molecule has 4 heterocycles. The Morgan fingerprint density at radius 2 is 1.70 bits per heavy atom. The van der Waals surface area contributed by atoms with E-state index in [-0.39, 0.29) is 12.2 Å². The zero-order valence-corrected chi connectivity index (χ0v) is 20.8. The van der Waals surface area contributed by atoms with Crippen LogP contribution in [0.1, 0.15) is 53.7 Å². The summed E-state index contributed by atoms with van der Waals surface area (Å²) in [6.45, 7) is 7.29. The molecule has 4 rings (SSSR count). The number of carbonyl (C=O) groups is 1. The molecule has 0 bridgehead atoms. The minimum atomic E-state index is -3.43. The third-order valence-electron chi connectivity index (χ3n) is 6.23. The summed E-state index contributed by atoms with van der Waals surface area (Å²) in [7, 11) is -3.43. The van der Waals surface area contributed by atoms with Gasteiger partial charge in [-0.3, -0.25) is 9.69 Å². The first-order chi connectivity index (χ1) is 15.8. The first kappa shape index (κ1) is 24.3. The van der Waals surface area contributed by atoms with Gasteiger partial charge in [0.05, 0.1) is 18.5 Å². The summed E-state index contributed by atoms with van der Waals surface area (Å²) in [6.07, 6.45) is 4.00. The second kappa shape index (κ2) is 10.2. The minimum absolute atomic E-state index is 0.265. The molecule has 2 aromatic heterocycles. The molecule has 0 unspecified atom stereocenters. The standard InChI is InChI=1S/C21H31N5O5S2/c1-3-31-21(28)18-15(2)17-19(27)22-16(23-20(17)32-18)14-24-10-12-26(13-11-24)33(29,30)25-8-6-4-5-7-9-25/h3-14H2,1-2H3,(H,22,23,27). The Morgan fingerprint density at radius 3 is 2.33 bits per heavy atom. The van der Waals surface area contributed by atoms with Crippen LogP contribution in [0.3, 0.4) is 0 Å². The molecule has 33 heavy (non-hydrogen) atoms. The molecule has 2 aromatic rings. The van der Waals surface area contributed by atoms with Crippen LogP contribution in [0.15, 0.2) is 4.79 Å². The van der Waals surface area contributed by atoms with Gasteiger partial charge in [-0.15, -0.1) is 11.3 Å². The lowest BCUT2D eigenvalue weighted by atomic mass is 10.2. The van der Waals surface area contributed by atoms with Crippen molar-refractivity contribution < 1.29 is 17.9 Å². The van der Waals surface area contributed by atoms with Crippen molar-refractivity contribution in [1.82, 2.24) is 23.5 Å². The Labute approximate surface area is 197 Å². The van der Waals surface area contributed by atoms with Gasteiger partial charge in [-0.2, -0.15) is 17.0 Å². The SMILES string of the molecule is CCOC(=O)c1sc2nc(CN3CCN(S(=O)(=O)N4CCCCCC4)CC3)[nH]c(=O)c2c1C. The van der Waals surface area contributed by atoms with Gasteiger partial charge >= 0.3 is 5.97 Å². The van der Waals surface area contributed by atoms with E-state index < -0.39 is 16.2 Å². The molecule has 0 amide bonds. The maximum atomic E-state index is 13.0. The number of hydrogen-bond donors (Lipinski definition) is 1. The first-order valence-electron chi connectivity index (χ1n) is 11.5. The van der Waals surface area contributed by atoms with E-state index in [1.54, 1.807) is 22.5 Å². The van der Waals surface area contributed by atoms with Crippen molar-refractivity contribution in [3.8, 4) is 0 Å². The van der Waals surface area contributed by atoms with Gasteiger partial charge in [0.2, 0.25) is 0 Å². The average molecular weight is 498 g/mol. The highest BCUT2D eigenvalue weighted by molar-refractivity contribution is 7.86. The van der Waals surface area contributed by atoms with Crippen LogP contribution in [0.4, 0.5) is 0 Å². The summed E-state index contributed by atoms with van der Waals surface area (Å²) >= 11 is 1.17. The summed E-state index contributed by atoms with van der Waals surface area (Å²) in [5.41, 5.74) is 0.308. The summed E-state index contributed by atoms with van der Waals surface area (Å²) in [6, 6.07) is 0. The molecule has 10 nitrogen and oxygen atoms in total. The van der Waals surface area contributed by atoms with Crippen molar-refractivity contribution in [2.45, 2.75) is 46.1 Å². The number of nitrogens with one attached hydrogen (secondary N) is 1. The molecule has 1 N–H and O–H groups in total. The van der Waals surface area contributed by atoms with Crippen molar-refractivity contribution in [2.24, 2.45) is 0 Å². The highest BCUT2D eigenvalue weighted by atomic mass is 32.2. The monoisotopic (exact) mass is 497 g/mol. The summed E-state index contributed by atoms with van der Waals surface area (Å²) < 4.78 is 34.3. The van der Waals surface area contributed by atoms with Gasteiger partial charge in [0.15, 0.2) is 0 Å². The van der Waals surface area contributed by atoms with E-state index in [9.17, 15) is 18.0 Å². The van der Waals surface area contributed by atoms with E-state index in [1.165, 1.54) is 11.3 Å². The zero-order chi connectivity index (χ0) is 23.6. The molecule has 0 atom stereocenters. The lowest BCUT2D eigenvalue weighted by molar-refractivity contribution is 0.0531. The normalized spacial score (nSPS) is 19.6. The predicted molar refractivity (Wildman–Crippen MR) is 127 cm³/mol. The fourth-order valence-corrected chi connectivity index (χ4v) is 7.19. The zero-order valence-electron chi connectivity index (χ0n) is 19.1. The van der Waals surface area contributed by atoms with Crippen LogP contribution in [-0.2, 0) is 21.5 Å². The number of aromatic nitrogens is 2. The molecule has 0 spiro atoms. The number of thiophene rings is 1. The van der Waals surface area contributed by atoms with Crippen molar-refractivity contribution in [2.75, 3.05) is 45.9 Å². The Morgan fingerprint density at radius 1 is 1.06 bits per heavy atom.